The Bertz CT molecular complexity index is 3090. The zero-order chi connectivity index (χ0) is 38.1. The van der Waals surface area contributed by atoms with Gasteiger partial charge in [0.2, 0.25) is 0 Å². The summed E-state index contributed by atoms with van der Waals surface area (Å²) in [6.45, 7) is 4.69. The van der Waals surface area contributed by atoms with E-state index in [1.54, 1.807) is 0 Å². The lowest BCUT2D eigenvalue weighted by atomic mass is 9.82. The quantitative estimate of drug-likeness (QED) is 0.166. The molecule has 1 aromatic heterocycles. The topological polar surface area (TPSA) is 8.17 Å². The minimum Gasteiger partial charge on any atom is -0.309 e. The van der Waals surface area contributed by atoms with Crippen LogP contribution in [0.4, 0.5) is 17.1 Å². The third-order valence-corrected chi connectivity index (χ3v) is 12.0. The normalized spacial score (nSPS) is 12.7. The number of rotatable bonds is 6. The van der Waals surface area contributed by atoms with Crippen molar-refractivity contribution in [3.63, 3.8) is 0 Å². The fourth-order valence-electron chi connectivity index (χ4n) is 9.21. The van der Waals surface area contributed by atoms with Gasteiger partial charge in [-0.1, -0.05) is 159 Å². The summed E-state index contributed by atoms with van der Waals surface area (Å²) in [4.78, 5) is 2.40. The first-order chi connectivity index (χ1) is 28.0. The van der Waals surface area contributed by atoms with Crippen LogP contribution < -0.4 is 4.90 Å². The van der Waals surface area contributed by atoms with Crippen molar-refractivity contribution in [2.45, 2.75) is 19.3 Å². The van der Waals surface area contributed by atoms with Gasteiger partial charge in [0.15, 0.2) is 0 Å². The predicted molar refractivity (Wildman–Crippen MR) is 239 cm³/mol. The maximum atomic E-state index is 3.44. The van der Waals surface area contributed by atoms with E-state index in [-0.39, 0.29) is 5.41 Å². The average Bonchev–Trinajstić information content (AvgIpc) is 3.73. The van der Waals surface area contributed by atoms with Crippen molar-refractivity contribution < 1.29 is 0 Å². The highest BCUT2D eigenvalue weighted by Crippen LogP contribution is 2.54. The number of para-hydroxylation sites is 2. The molecule has 0 aliphatic heterocycles. The summed E-state index contributed by atoms with van der Waals surface area (Å²) in [7, 11) is 0. The van der Waals surface area contributed by atoms with Crippen LogP contribution in [-0.4, -0.2) is 4.57 Å². The summed E-state index contributed by atoms with van der Waals surface area (Å²) in [5, 5.41) is 4.98. The molecule has 0 N–H and O–H groups in total. The van der Waals surface area contributed by atoms with E-state index in [9.17, 15) is 0 Å². The SMILES string of the molecule is CC1(C)c2ccccc2-c2c(N(c3ccc(-c4ccc(-n5c6ccccc6c6ccccc65)cc4)cc3)c3cc#cc(-c4ccc5ccccc5c4)c3)cccc21. The maximum Gasteiger partial charge on any atom is 0.0558 e. The van der Waals surface area contributed by atoms with Crippen molar-refractivity contribution in [3.8, 4) is 39.1 Å². The summed E-state index contributed by atoms with van der Waals surface area (Å²) in [5.74, 6) is 0. The number of fused-ring (bicyclic) bond motifs is 7. The molecule has 9 aromatic carbocycles. The lowest BCUT2D eigenvalue weighted by Crippen LogP contribution is -2.16. The molecule has 0 amide bonds. The van der Waals surface area contributed by atoms with Crippen LogP contribution in [0.5, 0.6) is 0 Å². The van der Waals surface area contributed by atoms with Crippen LogP contribution in [0.25, 0.3) is 71.6 Å². The van der Waals surface area contributed by atoms with E-state index in [1.807, 2.05) is 0 Å². The molecule has 11 rings (SSSR count). The third-order valence-electron chi connectivity index (χ3n) is 12.0. The van der Waals surface area contributed by atoms with Crippen molar-refractivity contribution in [1.82, 2.24) is 4.57 Å². The van der Waals surface area contributed by atoms with Gasteiger partial charge in [0.05, 0.1) is 22.4 Å². The molecule has 0 atom stereocenters. The Morgan fingerprint density at radius 1 is 0.491 bits per heavy atom. The lowest BCUT2D eigenvalue weighted by molar-refractivity contribution is 0.660. The molecule has 1 aliphatic carbocycles. The molecule has 0 fully saturated rings. The molecule has 57 heavy (non-hydrogen) atoms. The summed E-state index contributed by atoms with van der Waals surface area (Å²) in [6.07, 6.45) is 0. The van der Waals surface area contributed by atoms with Crippen LogP contribution in [0.15, 0.2) is 194 Å². The standard InChI is InChI=1S/C55H38N2/c1-55(2)49-20-8-5-19-48(49)54-50(55)21-12-24-53(54)56(45-16-11-15-41(36-45)42-26-25-37-13-3-4-14-40(37)35-42)43-31-27-38(28-32-43)39-29-33-44(34-30-39)57-51-22-9-6-17-46(51)47-18-7-10-23-52(47)57/h3-10,12-14,16-36H,1-2H3. The molecule has 2 nitrogen and oxygen atoms in total. The Labute approximate surface area is 333 Å². The summed E-state index contributed by atoms with van der Waals surface area (Å²) < 4.78 is 2.37. The second kappa shape index (κ2) is 12.9. The van der Waals surface area contributed by atoms with E-state index in [1.165, 1.54) is 66.0 Å². The van der Waals surface area contributed by atoms with Crippen LogP contribution in [0.1, 0.15) is 25.0 Å². The molecule has 0 unspecified atom stereocenters. The Morgan fingerprint density at radius 3 is 1.86 bits per heavy atom. The highest BCUT2D eigenvalue weighted by atomic mass is 15.1. The number of anilines is 3. The predicted octanol–water partition coefficient (Wildman–Crippen LogP) is 14.6. The van der Waals surface area contributed by atoms with Gasteiger partial charge in [-0.15, -0.1) is 0 Å². The second-order valence-electron chi connectivity index (χ2n) is 15.6. The van der Waals surface area contributed by atoms with E-state index < -0.39 is 0 Å². The number of hydrogen-bond acceptors (Lipinski definition) is 1. The highest BCUT2D eigenvalue weighted by Gasteiger charge is 2.37. The first-order valence-corrected chi connectivity index (χ1v) is 19.7. The van der Waals surface area contributed by atoms with Crippen LogP contribution in [0.2, 0.25) is 0 Å². The monoisotopic (exact) mass is 726 g/mol. The summed E-state index contributed by atoms with van der Waals surface area (Å²) >= 11 is 0. The maximum absolute atomic E-state index is 3.44. The molecule has 1 heterocycles. The fourth-order valence-corrected chi connectivity index (χ4v) is 9.21. The molecule has 10 aromatic rings. The van der Waals surface area contributed by atoms with Crippen LogP contribution in [-0.2, 0) is 5.41 Å². The van der Waals surface area contributed by atoms with E-state index >= 15 is 0 Å². The number of hydrogen-bond donors (Lipinski definition) is 0. The first kappa shape index (κ1) is 33.0. The Kier molecular flexibility index (Phi) is 7.46. The second-order valence-corrected chi connectivity index (χ2v) is 15.6. The zero-order valence-electron chi connectivity index (χ0n) is 31.9. The van der Waals surface area contributed by atoms with Gasteiger partial charge >= 0.3 is 0 Å². The molecule has 2 heteroatoms. The minimum atomic E-state index is -0.115. The van der Waals surface area contributed by atoms with Gasteiger partial charge in [-0.3, -0.25) is 0 Å². The summed E-state index contributed by atoms with van der Waals surface area (Å²) in [5.41, 5.74) is 16.5. The van der Waals surface area contributed by atoms with Crippen molar-refractivity contribution in [1.29, 1.82) is 0 Å². The number of benzene rings is 8. The van der Waals surface area contributed by atoms with E-state index in [0.717, 1.165) is 33.9 Å². The molecule has 268 valence electrons. The Morgan fingerprint density at radius 2 is 1.11 bits per heavy atom. The number of aromatic nitrogens is 1. The van der Waals surface area contributed by atoms with E-state index in [2.05, 4.69) is 230 Å². The van der Waals surface area contributed by atoms with Gasteiger partial charge < -0.3 is 9.47 Å². The molecule has 1 aliphatic rings. The third kappa shape index (κ3) is 5.28. The van der Waals surface area contributed by atoms with Crippen LogP contribution in [0, 0.1) is 12.1 Å². The van der Waals surface area contributed by atoms with Gasteiger partial charge in [-0.25, -0.2) is 0 Å². The number of nitrogens with zero attached hydrogens (tertiary/aromatic N) is 2. The first-order valence-electron chi connectivity index (χ1n) is 19.7. The molecule has 0 saturated carbocycles. The van der Waals surface area contributed by atoms with Gasteiger partial charge in [0.1, 0.15) is 0 Å². The van der Waals surface area contributed by atoms with Crippen molar-refractivity contribution in [2.75, 3.05) is 4.90 Å². The van der Waals surface area contributed by atoms with Gasteiger partial charge in [-0.05, 0) is 98.8 Å². The zero-order valence-corrected chi connectivity index (χ0v) is 31.9. The molecular formula is C55H38N2. The van der Waals surface area contributed by atoms with Crippen molar-refractivity contribution in [3.05, 3.63) is 217 Å². The van der Waals surface area contributed by atoms with Crippen LogP contribution >= 0.6 is 0 Å². The molecular weight excluding hydrogens is 689 g/mol. The largest absolute Gasteiger partial charge is 0.309 e. The van der Waals surface area contributed by atoms with Gasteiger partial charge in [-0.2, -0.15) is 0 Å². The average molecular weight is 727 g/mol. The molecule has 0 radical (unpaired) electrons. The lowest BCUT2D eigenvalue weighted by Gasteiger charge is -2.29. The fraction of sp³-hybridized carbons (Fsp3) is 0.0545. The molecule has 0 saturated heterocycles. The van der Waals surface area contributed by atoms with E-state index in [0.29, 0.717) is 0 Å². The summed E-state index contributed by atoms with van der Waals surface area (Å²) in [6, 6.07) is 77.3. The van der Waals surface area contributed by atoms with Crippen LogP contribution in [0.3, 0.4) is 0 Å². The van der Waals surface area contributed by atoms with Gasteiger partial charge in [0, 0.05) is 44.8 Å². The molecule has 0 spiro atoms. The van der Waals surface area contributed by atoms with Crippen molar-refractivity contribution >= 4 is 49.6 Å². The Hall–Kier alpha value is -7.34. The van der Waals surface area contributed by atoms with Crippen molar-refractivity contribution in [2.24, 2.45) is 0 Å². The van der Waals surface area contributed by atoms with E-state index in [4.69, 9.17) is 0 Å². The Balaban J connectivity index is 1.02. The minimum absolute atomic E-state index is 0.115. The molecule has 0 bridgehead atoms. The smallest absolute Gasteiger partial charge is 0.0558 e. The van der Waals surface area contributed by atoms with Gasteiger partial charge in [0.25, 0.3) is 0 Å². The highest BCUT2D eigenvalue weighted by molar-refractivity contribution is 6.09.